The normalized spacial score (nSPS) is 13.8. The molecule has 25 heavy (non-hydrogen) atoms. The molecule has 0 saturated heterocycles. The van der Waals surface area contributed by atoms with E-state index in [4.69, 9.17) is 14.6 Å². The summed E-state index contributed by atoms with van der Waals surface area (Å²) in [6, 6.07) is 16.9. The van der Waals surface area contributed by atoms with Crippen molar-refractivity contribution < 1.29 is 14.6 Å². The number of nitrogens with zero attached hydrogens (tertiary/aromatic N) is 1. The minimum atomic E-state index is -0.833. The van der Waals surface area contributed by atoms with Crippen molar-refractivity contribution in [1.82, 2.24) is 4.90 Å². The first kappa shape index (κ1) is 18.7. The van der Waals surface area contributed by atoms with Gasteiger partial charge in [-0.1, -0.05) is 48.5 Å². The Morgan fingerprint density at radius 1 is 1.12 bits per heavy atom. The first-order chi connectivity index (χ1) is 12.0. The molecule has 3 rings (SSSR count). The van der Waals surface area contributed by atoms with E-state index in [0.29, 0.717) is 6.61 Å². The smallest absolute Gasteiger partial charge is 0.300 e. The van der Waals surface area contributed by atoms with Crippen LogP contribution in [-0.4, -0.2) is 36.6 Å². The van der Waals surface area contributed by atoms with Gasteiger partial charge in [0.2, 0.25) is 0 Å². The third-order valence-electron chi connectivity index (χ3n) is 3.79. The molecule has 0 saturated carbocycles. The number of para-hydroxylation sites is 1. The molecule has 132 valence electrons. The van der Waals surface area contributed by atoms with E-state index in [1.165, 1.54) is 22.3 Å². The fraction of sp³-hybridized carbons (Fsp3) is 0.286. The molecule has 0 radical (unpaired) electrons. The summed E-state index contributed by atoms with van der Waals surface area (Å²) in [5, 5.41) is 7.42. The van der Waals surface area contributed by atoms with Gasteiger partial charge in [-0.05, 0) is 43.3 Å². The minimum Gasteiger partial charge on any atom is -0.488 e. The van der Waals surface area contributed by atoms with Crippen molar-refractivity contribution in [1.29, 1.82) is 0 Å². The predicted octanol–water partition coefficient (Wildman–Crippen LogP) is 4.05. The summed E-state index contributed by atoms with van der Waals surface area (Å²) in [7, 11) is 4.22. The van der Waals surface area contributed by atoms with Gasteiger partial charge in [0.1, 0.15) is 12.4 Å². The maximum absolute atomic E-state index is 9.00. The van der Waals surface area contributed by atoms with Gasteiger partial charge in [-0.15, -0.1) is 0 Å². The van der Waals surface area contributed by atoms with Crippen LogP contribution in [0.3, 0.4) is 0 Å². The van der Waals surface area contributed by atoms with Crippen molar-refractivity contribution in [3.05, 3.63) is 71.3 Å². The molecule has 0 fully saturated rings. The number of aliphatic carboxylic acids is 1. The molecule has 4 nitrogen and oxygen atoms in total. The highest BCUT2D eigenvalue weighted by Gasteiger charge is 2.17. The van der Waals surface area contributed by atoms with Crippen LogP contribution in [-0.2, 0) is 11.4 Å². The maximum atomic E-state index is 9.00. The number of ether oxygens (including phenoxy) is 1. The molecule has 1 N–H and O–H groups in total. The molecule has 4 heteroatoms. The highest BCUT2D eigenvalue weighted by Crippen LogP contribution is 2.36. The molecule has 2 aromatic rings. The second-order valence-corrected chi connectivity index (χ2v) is 6.17. The van der Waals surface area contributed by atoms with Crippen molar-refractivity contribution in [2.45, 2.75) is 20.0 Å². The Bertz CT molecular complexity index is 697. The van der Waals surface area contributed by atoms with Crippen LogP contribution in [0.2, 0.25) is 0 Å². The van der Waals surface area contributed by atoms with Crippen LogP contribution in [0.25, 0.3) is 5.57 Å². The van der Waals surface area contributed by atoms with Crippen LogP contribution < -0.4 is 4.74 Å². The Morgan fingerprint density at radius 3 is 2.40 bits per heavy atom. The topological polar surface area (TPSA) is 49.8 Å². The summed E-state index contributed by atoms with van der Waals surface area (Å²) >= 11 is 0. The first-order valence-corrected chi connectivity index (χ1v) is 8.34. The van der Waals surface area contributed by atoms with Gasteiger partial charge in [0.25, 0.3) is 5.97 Å². The monoisotopic (exact) mass is 339 g/mol. The second-order valence-electron chi connectivity index (χ2n) is 6.17. The molecule has 2 aromatic carbocycles. The summed E-state index contributed by atoms with van der Waals surface area (Å²) in [5.41, 5.74) is 5.03. The van der Waals surface area contributed by atoms with E-state index in [0.717, 1.165) is 25.6 Å². The molecule has 1 heterocycles. The van der Waals surface area contributed by atoms with E-state index in [2.05, 4.69) is 67.5 Å². The summed E-state index contributed by atoms with van der Waals surface area (Å²) in [4.78, 5) is 11.2. The van der Waals surface area contributed by atoms with E-state index < -0.39 is 5.97 Å². The molecule has 0 unspecified atom stereocenters. The number of carboxylic acids is 1. The standard InChI is InChI=1S/C19H21NO.C2H4O2/c1-20(2)13-7-11-17-16-9-4-3-8-15(16)14-21-19-12-6-5-10-18(17)19;1-2(3)4/h3-6,8-12H,7,13-14H2,1-2H3;1H3,(H,3,4)/b17-11-;. The van der Waals surface area contributed by atoms with Crippen molar-refractivity contribution in [2.24, 2.45) is 0 Å². The van der Waals surface area contributed by atoms with Gasteiger partial charge >= 0.3 is 0 Å². The lowest BCUT2D eigenvalue weighted by molar-refractivity contribution is -0.134. The van der Waals surface area contributed by atoms with Crippen LogP contribution >= 0.6 is 0 Å². The quantitative estimate of drug-likeness (QED) is 0.916. The van der Waals surface area contributed by atoms with Gasteiger partial charge in [-0.25, -0.2) is 0 Å². The molecule has 1 aliphatic rings. The molecule has 0 aromatic heterocycles. The van der Waals surface area contributed by atoms with Gasteiger partial charge in [-0.3, -0.25) is 4.79 Å². The zero-order chi connectivity index (χ0) is 18.2. The number of rotatable bonds is 3. The summed E-state index contributed by atoms with van der Waals surface area (Å²) in [6.45, 7) is 2.77. The highest BCUT2D eigenvalue weighted by molar-refractivity contribution is 5.84. The van der Waals surface area contributed by atoms with E-state index >= 15 is 0 Å². The Balaban J connectivity index is 0.000000511. The van der Waals surface area contributed by atoms with Crippen LogP contribution in [0.5, 0.6) is 5.75 Å². The second kappa shape index (κ2) is 9.04. The third-order valence-corrected chi connectivity index (χ3v) is 3.79. The Labute approximate surface area is 149 Å². The Kier molecular flexibility index (Phi) is 6.78. The van der Waals surface area contributed by atoms with Crippen LogP contribution in [0, 0.1) is 0 Å². The number of fused-ring (bicyclic) bond motifs is 2. The third kappa shape index (κ3) is 5.47. The van der Waals surface area contributed by atoms with Crippen LogP contribution in [0.4, 0.5) is 0 Å². The average molecular weight is 339 g/mol. The van der Waals surface area contributed by atoms with Crippen molar-refractivity contribution in [3.63, 3.8) is 0 Å². The summed E-state index contributed by atoms with van der Waals surface area (Å²) in [5.74, 6) is 0.143. The fourth-order valence-corrected chi connectivity index (χ4v) is 2.71. The molecule has 1 aliphatic heterocycles. The molecule has 0 bridgehead atoms. The summed E-state index contributed by atoms with van der Waals surface area (Å²) in [6.07, 6.45) is 3.37. The van der Waals surface area contributed by atoms with E-state index in [9.17, 15) is 0 Å². The molecule has 0 spiro atoms. The minimum absolute atomic E-state index is 0.637. The van der Waals surface area contributed by atoms with Crippen molar-refractivity contribution in [2.75, 3.05) is 20.6 Å². The van der Waals surface area contributed by atoms with E-state index in [-0.39, 0.29) is 0 Å². The molecule has 0 aliphatic carbocycles. The SMILES string of the molecule is CC(=O)O.CN(C)CC/C=C1/c2ccccc2COc2ccccc21. The van der Waals surface area contributed by atoms with Crippen molar-refractivity contribution >= 4 is 11.5 Å². The Hall–Kier alpha value is -2.59. The van der Waals surface area contributed by atoms with Crippen LogP contribution in [0.1, 0.15) is 30.0 Å². The lowest BCUT2D eigenvalue weighted by atomic mass is 9.93. The molecular formula is C21H25NO3. The molecule has 0 amide bonds. The number of benzene rings is 2. The number of hydrogen-bond donors (Lipinski definition) is 1. The fourth-order valence-electron chi connectivity index (χ4n) is 2.71. The highest BCUT2D eigenvalue weighted by atomic mass is 16.5. The number of hydrogen-bond acceptors (Lipinski definition) is 3. The van der Waals surface area contributed by atoms with Gasteiger partial charge < -0.3 is 14.7 Å². The zero-order valence-corrected chi connectivity index (χ0v) is 15.0. The molecular weight excluding hydrogens is 314 g/mol. The van der Waals surface area contributed by atoms with E-state index in [1.807, 2.05) is 6.07 Å². The lowest BCUT2D eigenvalue weighted by Gasteiger charge is -2.12. The van der Waals surface area contributed by atoms with Gasteiger partial charge in [0.05, 0.1) is 0 Å². The van der Waals surface area contributed by atoms with Crippen molar-refractivity contribution in [3.8, 4) is 5.75 Å². The number of carboxylic acid groups (broad SMARTS) is 1. The molecule has 0 atom stereocenters. The average Bonchev–Trinajstić information content (AvgIpc) is 2.72. The largest absolute Gasteiger partial charge is 0.488 e. The first-order valence-electron chi connectivity index (χ1n) is 8.34. The van der Waals surface area contributed by atoms with Gasteiger partial charge in [0, 0.05) is 19.0 Å². The van der Waals surface area contributed by atoms with Gasteiger partial charge in [0.15, 0.2) is 0 Å². The van der Waals surface area contributed by atoms with E-state index in [1.54, 1.807) is 0 Å². The predicted molar refractivity (Wildman–Crippen MR) is 101 cm³/mol. The Morgan fingerprint density at radius 2 is 1.72 bits per heavy atom. The van der Waals surface area contributed by atoms with Crippen LogP contribution in [0.15, 0.2) is 54.6 Å². The zero-order valence-electron chi connectivity index (χ0n) is 15.0. The summed E-state index contributed by atoms with van der Waals surface area (Å²) < 4.78 is 5.98. The lowest BCUT2D eigenvalue weighted by Crippen LogP contribution is -2.12. The number of carbonyl (C=O) groups is 1. The van der Waals surface area contributed by atoms with Gasteiger partial charge in [-0.2, -0.15) is 0 Å². The maximum Gasteiger partial charge on any atom is 0.300 e.